The lowest BCUT2D eigenvalue weighted by Crippen LogP contribution is -2.63. The average molecular weight is 431 g/mol. The number of ether oxygens (including phenoxy) is 1. The second kappa shape index (κ2) is 8.47. The van der Waals surface area contributed by atoms with Gasteiger partial charge in [-0.1, -0.05) is 42.8 Å². The van der Waals surface area contributed by atoms with E-state index >= 15 is 0 Å². The van der Waals surface area contributed by atoms with Gasteiger partial charge >= 0.3 is 0 Å². The Morgan fingerprint density at radius 3 is 2.59 bits per heavy atom. The summed E-state index contributed by atoms with van der Waals surface area (Å²) in [6, 6.07) is 18.5. The fourth-order valence-electron chi connectivity index (χ4n) is 5.26. The van der Waals surface area contributed by atoms with Crippen molar-refractivity contribution in [2.45, 2.75) is 38.3 Å². The Bertz CT molecular complexity index is 1150. The van der Waals surface area contributed by atoms with E-state index in [1.807, 2.05) is 47.4 Å². The lowest BCUT2D eigenvalue weighted by Gasteiger charge is -2.49. The molecule has 0 aliphatic carbocycles. The maximum Gasteiger partial charge on any atom is 0.254 e. The summed E-state index contributed by atoms with van der Waals surface area (Å²) < 4.78 is 5.29. The number of nitrogens with zero attached hydrogens (tertiary/aromatic N) is 2. The van der Waals surface area contributed by atoms with Crippen molar-refractivity contribution < 1.29 is 14.6 Å². The molecule has 1 unspecified atom stereocenters. The summed E-state index contributed by atoms with van der Waals surface area (Å²) in [5.74, 6) is 0.657. The number of phenols is 1. The molecular weight excluding hydrogens is 400 g/mol. The number of fused-ring (bicyclic) bond motifs is 1. The average Bonchev–Trinajstić information content (AvgIpc) is 2.79. The zero-order valence-corrected chi connectivity index (χ0v) is 18.8. The van der Waals surface area contributed by atoms with Crippen LogP contribution in [0.15, 0.2) is 54.6 Å². The van der Waals surface area contributed by atoms with Gasteiger partial charge in [0.2, 0.25) is 0 Å². The number of likely N-dealkylation sites (tertiary alicyclic amines) is 2. The van der Waals surface area contributed by atoms with Crippen molar-refractivity contribution in [2.75, 3.05) is 26.7 Å². The normalized spacial score (nSPS) is 19.7. The van der Waals surface area contributed by atoms with Crippen LogP contribution in [-0.2, 0) is 0 Å². The standard InChI is InChI=1S/C27H30N2O3/c1-18-7-3-4-14-29(18)20-16-28(17-20)27(31)24-11-6-9-22-21(8-5-10-23(22)24)19-12-13-25(30)26(15-19)32-2/h5-6,8-13,15,18,20,30H,3-4,7,14,16-17H2,1-2H3. The second-order valence-electron chi connectivity index (χ2n) is 9.04. The van der Waals surface area contributed by atoms with E-state index in [1.165, 1.54) is 19.3 Å². The summed E-state index contributed by atoms with van der Waals surface area (Å²) in [5, 5.41) is 11.9. The Morgan fingerprint density at radius 2 is 1.81 bits per heavy atom. The first-order chi connectivity index (χ1) is 15.6. The Hall–Kier alpha value is -3.05. The molecule has 0 spiro atoms. The molecule has 1 N–H and O–H groups in total. The van der Waals surface area contributed by atoms with Gasteiger partial charge in [-0.3, -0.25) is 9.69 Å². The number of carbonyl (C=O) groups is 1. The number of hydrogen-bond donors (Lipinski definition) is 1. The van der Waals surface area contributed by atoms with Gasteiger partial charge in [0.15, 0.2) is 11.5 Å². The number of aromatic hydroxyl groups is 1. The van der Waals surface area contributed by atoms with Gasteiger partial charge in [0.05, 0.1) is 7.11 Å². The molecule has 2 fully saturated rings. The predicted molar refractivity (Wildman–Crippen MR) is 127 cm³/mol. The van der Waals surface area contributed by atoms with Gasteiger partial charge in [0.25, 0.3) is 5.91 Å². The van der Waals surface area contributed by atoms with Crippen LogP contribution in [-0.4, -0.2) is 59.6 Å². The van der Waals surface area contributed by atoms with Crippen molar-refractivity contribution >= 4 is 16.7 Å². The molecule has 0 aromatic heterocycles. The van der Waals surface area contributed by atoms with Gasteiger partial charge in [-0.05, 0) is 66.4 Å². The monoisotopic (exact) mass is 430 g/mol. The molecule has 32 heavy (non-hydrogen) atoms. The number of phenolic OH excluding ortho intramolecular Hbond substituents is 1. The lowest BCUT2D eigenvalue weighted by molar-refractivity contribution is 0.00224. The molecule has 5 rings (SSSR count). The molecule has 1 atom stereocenters. The van der Waals surface area contributed by atoms with Gasteiger partial charge in [-0.25, -0.2) is 0 Å². The van der Waals surface area contributed by atoms with E-state index in [4.69, 9.17) is 4.74 Å². The first kappa shape index (κ1) is 20.8. The first-order valence-electron chi connectivity index (χ1n) is 11.5. The maximum atomic E-state index is 13.4. The summed E-state index contributed by atoms with van der Waals surface area (Å²) in [4.78, 5) is 18.0. The van der Waals surface area contributed by atoms with E-state index in [0.717, 1.165) is 47.1 Å². The number of benzene rings is 3. The van der Waals surface area contributed by atoms with Crippen LogP contribution in [0.4, 0.5) is 0 Å². The molecule has 2 aliphatic heterocycles. The van der Waals surface area contributed by atoms with Gasteiger partial charge in [0, 0.05) is 30.7 Å². The smallest absolute Gasteiger partial charge is 0.254 e. The van der Waals surface area contributed by atoms with Crippen LogP contribution in [0, 0.1) is 0 Å². The van der Waals surface area contributed by atoms with Crippen LogP contribution in [0.3, 0.4) is 0 Å². The molecule has 0 bridgehead atoms. The van der Waals surface area contributed by atoms with Crippen LogP contribution in [0.2, 0.25) is 0 Å². The Balaban J connectivity index is 1.42. The minimum absolute atomic E-state index is 0.108. The molecule has 5 nitrogen and oxygen atoms in total. The molecule has 1 amide bonds. The van der Waals surface area contributed by atoms with Crippen LogP contribution in [0.25, 0.3) is 21.9 Å². The van der Waals surface area contributed by atoms with Crippen LogP contribution in [0.5, 0.6) is 11.5 Å². The van der Waals surface area contributed by atoms with E-state index in [-0.39, 0.29) is 11.7 Å². The fraction of sp³-hybridized carbons (Fsp3) is 0.370. The molecule has 0 saturated carbocycles. The molecular formula is C27H30N2O3. The Morgan fingerprint density at radius 1 is 1.03 bits per heavy atom. The minimum atomic E-state index is 0.108. The molecule has 166 valence electrons. The minimum Gasteiger partial charge on any atom is -0.504 e. The molecule has 3 aromatic rings. The zero-order valence-electron chi connectivity index (χ0n) is 18.8. The summed E-state index contributed by atoms with van der Waals surface area (Å²) in [7, 11) is 1.55. The van der Waals surface area contributed by atoms with Crippen molar-refractivity contribution in [2.24, 2.45) is 0 Å². The van der Waals surface area contributed by atoms with E-state index < -0.39 is 0 Å². The maximum absolute atomic E-state index is 13.4. The highest BCUT2D eigenvalue weighted by Gasteiger charge is 2.38. The van der Waals surface area contributed by atoms with Crippen LogP contribution >= 0.6 is 0 Å². The number of amides is 1. The van der Waals surface area contributed by atoms with E-state index in [2.05, 4.69) is 17.9 Å². The fourth-order valence-corrected chi connectivity index (χ4v) is 5.26. The Kier molecular flexibility index (Phi) is 5.51. The molecule has 2 heterocycles. The van der Waals surface area contributed by atoms with E-state index in [9.17, 15) is 9.90 Å². The topological polar surface area (TPSA) is 53.0 Å². The molecule has 2 saturated heterocycles. The van der Waals surface area contributed by atoms with E-state index in [1.54, 1.807) is 13.2 Å². The number of hydrogen-bond acceptors (Lipinski definition) is 4. The molecule has 2 aliphatic rings. The van der Waals surface area contributed by atoms with Gasteiger partial charge in [-0.15, -0.1) is 0 Å². The Labute approximate surface area is 189 Å². The van der Waals surface area contributed by atoms with Gasteiger partial charge in [-0.2, -0.15) is 0 Å². The summed E-state index contributed by atoms with van der Waals surface area (Å²) in [6.07, 6.45) is 3.85. The molecule has 3 aromatic carbocycles. The highest BCUT2D eigenvalue weighted by atomic mass is 16.5. The summed E-state index contributed by atoms with van der Waals surface area (Å²) in [5.41, 5.74) is 2.71. The number of carbonyl (C=O) groups excluding carboxylic acids is 1. The summed E-state index contributed by atoms with van der Waals surface area (Å²) >= 11 is 0. The zero-order chi connectivity index (χ0) is 22.2. The quantitative estimate of drug-likeness (QED) is 0.638. The third kappa shape index (κ3) is 3.61. The number of rotatable bonds is 4. The van der Waals surface area contributed by atoms with Crippen molar-refractivity contribution in [3.63, 3.8) is 0 Å². The second-order valence-corrected chi connectivity index (χ2v) is 9.04. The SMILES string of the molecule is COc1cc(-c2cccc3c(C(=O)N4CC(N5CCCCC5C)C4)cccc23)ccc1O. The number of methoxy groups -OCH3 is 1. The highest BCUT2D eigenvalue weighted by molar-refractivity contribution is 6.10. The van der Waals surface area contributed by atoms with Gasteiger partial charge < -0.3 is 14.7 Å². The van der Waals surface area contributed by atoms with Crippen molar-refractivity contribution in [3.05, 3.63) is 60.2 Å². The molecule has 0 radical (unpaired) electrons. The summed E-state index contributed by atoms with van der Waals surface area (Å²) in [6.45, 7) is 5.10. The highest BCUT2D eigenvalue weighted by Crippen LogP contribution is 2.36. The number of piperidine rings is 1. The van der Waals surface area contributed by atoms with E-state index in [0.29, 0.717) is 17.8 Å². The van der Waals surface area contributed by atoms with Crippen molar-refractivity contribution in [1.29, 1.82) is 0 Å². The van der Waals surface area contributed by atoms with Crippen LogP contribution in [0.1, 0.15) is 36.5 Å². The third-order valence-electron chi connectivity index (χ3n) is 7.12. The van der Waals surface area contributed by atoms with Crippen LogP contribution < -0.4 is 4.74 Å². The largest absolute Gasteiger partial charge is 0.504 e. The van der Waals surface area contributed by atoms with Crippen molar-refractivity contribution in [1.82, 2.24) is 9.80 Å². The van der Waals surface area contributed by atoms with Crippen molar-refractivity contribution in [3.8, 4) is 22.6 Å². The molecule has 5 heteroatoms. The third-order valence-corrected chi connectivity index (χ3v) is 7.12. The van der Waals surface area contributed by atoms with Gasteiger partial charge in [0.1, 0.15) is 0 Å². The first-order valence-corrected chi connectivity index (χ1v) is 11.5. The predicted octanol–water partition coefficient (Wildman–Crippen LogP) is 4.92. The lowest BCUT2D eigenvalue weighted by atomic mass is 9.93.